The molecule has 0 saturated heterocycles. The number of ether oxygens (including phenoxy) is 1. The van der Waals surface area contributed by atoms with Crippen molar-refractivity contribution in [1.82, 2.24) is 9.97 Å². The fraction of sp³-hybridized carbons (Fsp3) is 0.429. The first-order valence-electron chi connectivity index (χ1n) is 3.30. The third-order valence-corrected chi connectivity index (χ3v) is 1.67. The summed E-state index contributed by atoms with van der Waals surface area (Å²) in [4.78, 5) is 7.64. The molecule has 0 aliphatic heterocycles. The number of aromatic nitrogens is 2. The van der Waals surface area contributed by atoms with E-state index in [1.807, 2.05) is 6.26 Å². The van der Waals surface area contributed by atoms with Gasteiger partial charge in [0.2, 0.25) is 0 Å². The van der Waals surface area contributed by atoms with E-state index >= 15 is 0 Å². The minimum atomic E-state index is 0.717. The smallest absolute Gasteiger partial charge is 0.155 e. The minimum absolute atomic E-state index is 0.717. The molecule has 3 nitrogen and oxygen atoms in total. The first-order chi connectivity index (χ1) is 5.43. The van der Waals surface area contributed by atoms with Crippen molar-refractivity contribution in [3.63, 3.8) is 0 Å². The molecule has 1 aromatic rings. The number of hydrogen-bond donors (Lipinski definition) is 0. The zero-order valence-corrected chi connectivity index (χ0v) is 7.17. The number of nitrogens with zero attached hydrogens (tertiary/aromatic N) is 2. The van der Waals surface area contributed by atoms with Crippen LogP contribution >= 0.6 is 11.8 Å². The Kier molecular flexibility index (Phi) is 3.75. The first kappa shape index (κ1) is 8.33. The number of rotatable bonds is 4. The Morgan fingerprint density at radius 3 is 2.82 bits per heavy atom. The SMILES string of the molecule is CSCCOc1cncnc1. The van der Waals surface area contributed by atoms with E-state index in [9.17, 15) is 0 Å². The van der Waals surface area contributed by atoms with Gasteiger partial charge in [0.15, 0.2) is 5.75 Å². The maximum atomic E-state index is 5.30. The lowest BCUT2D eigenvalue weighted by molar-refractivity contribution is 0.341. The summed E-state index contributed by atoms with van der Waals surface area (Å²) in [6, 6.07) is 0. The third kappa shape index (κ3) is 3.23. The van der Waals surface area contributed by atoms with Gasteiger partial charge in [-0.15, -0.1) is 0 Å². The molecular weight excluding hydrogens is 160 g/mol. The lowest BCUT2D eigenvalue weighted by Gasteiger charge is -2.01. The highest BCUT2D eigenvalue weighted by Gasteiger charge is 1.90. The van der Waals surface area contributed by atoms with Crippen molar-refractivity contribution in [2.24, 2.45) is 0 Å². The van der Waals surface area contributed by atoms with Gasteiger partial charge < -0.3 is 4.74 Å². The van der Waals surface area contributed by atoms with Crippen molar-refractivity contribution in [2.75, 3.05) is 18.6 Å². The van der Waals surface area contributed by atoms with Crippen LogP contribution in [0.5, 0.6) is 5.75 Å². The summed E-state index contributed by atoms with van der Waals surface area (Å²) in [5.41, 5.74) is 0. The Morgan fingerprint density at radius 2 is 2.18 bits per heavy atom. The molecule has 0 spiro atoms. The molecule has 60 valence electrons. The summed E-state index contributed by atoms with van der Waals surface area (Å²) in [5.74, 6) is 1.73. The topological polar surface area (TPSA) is 35.0 Å². The molecule has 11 heavy (non-hydrogen) atoms. The van der Waals surface area contributed by atoms with Gasteiger partial charge >= 0.3 is 0 Å². The van der Waals surface area contributed by atoms with Gasteiger partial charge in [-0.3, -0.25) is 0 Å². The predicted molar refractivity (Wildman–Crippen MR) is 45.9 cm³/mol. The van der Waals surface area contributed by atoms with Crippen LogP contribution in [0, 0.1) is 0 Å². The van der Waals surface area contributed by atoms with E-state index in [0.29, 0.717) is 6.61 Å². The average molecular weight is 170 g/mol. The molecule has 0 N–H and O–H groups in total. The van der Waals surface area contributed by atoms with Crippen LogP contribution in [0.4, 0.5) is 0 Å². The van der Waals surface area contributed by atoms with Gasteiger partial charge in [0.25, 0.3) is 0 Å². The molecule has 1 heterocycles. The van der Waals surface area contributed by atoms with Crippen molar-refractivity contribution in [3.8, 4) is 5.75 Å². The highest BCUT2D eigenvalue weighted by molar-refractivity contribution is 7.98. The Bertz CT molecular complexity index is 193. The Labute approximate surface area is 70.2 Å². The zero-order chi connectivity index (χ0) is 7.94. The van der Waals surface area contributed by atoms with E-state index < -0.39 is 0 Å². The van der Waals surface area contributed by atoms with Crippen LogP contribution in [0.2, 0.25) is 0 Å². The summed E-state index contributed by atoms with van der Waals surface area (Å²) in [5, 5.41) is 0. The summed E-state index contributed by atoms with van der Waals surface area (Å²) >= 11 is 1.76. The standard InChI is InChI=1S/C7H10N2OS/c1-11-3-2-10-7-4-8-6-9-5-7/h4-6H,2-3H2,1H3. The quantitative estimate of drug-likeness (QED) is 0.636. The fourth-order valence-corrected chi connectivity index (χ4v) is 0.853. The molecule has 0 bridgehead atoms. The van der Waals surface area contributed by atoms with Gasteiger partial charge in [-0.1, -0.05) is 0 Å². The van der Waals surface area contributed by atoms with Gasteiger partial charge in [0.1, 0.15) is 6.33 Å². The minimum Gasteiger partial charge on any atom is -0.489 e. The van der Waals surface area contributed by atoms with Gasteiger partial charge in [0, 0.05) is 5.75 Å². The number of hydrogen-bond acceptors (Lipinski definition) is 4. The number of thioether (sulfide) groups is 1. The Morgan fingerprint density at radius 1 is 1.45 bits per heavy atom. The summed E-state index contributed by atoms with van der Waals surface area (Å²) in [7, 11) is 0. The van der Waals surface area contributed by atoms with Crippen molar-refractivity contribution in [3.05, 3.63) is 18.7 Å². The molecule has 0 amide bonds. The van der Waals surface area contributed by atoms with Crippen molar-refractivity contribution in [2.45, 2.75) is 0 Å². The van der Waals surface area contributed by atoms with Crippen molar-refractivity contribution < 1.29 is 4.74 Å². The lowest BCUT2D eigenvalue weighted by Crippen LogP contribution is -1.99. The average Bonchev–Trinajstić information content (AvgIpc) is 2.07. The van der Waals surface area contributed by atoms with Gasteiger partial charge in [-0.2, -0.15) is 11.8 Å². The van der Waals surface area contributed by atoms with Crippen LogP contribution in [0.3, 0.4) is 0 Å². The normalized spacial score (nSPS) is 9.55. The molecular formula is C7H10N2OS. The van der Waals surface area contributed by atoms with E-state index in [4.69, 9.17) is 4.74 Å². The van der Waals surface area contributed by atoms with Crippen molar-refractivity contribution in [1.29, 1.82) is 0 Å². The monoisotopic (exact) mass is 170 g/mol. The third-order valence-electron chi connectivity index (χ3n) is 1.09. The van der Waals surface area contributed by atoms with Crippen molar-refractivity contribution >= 4 is 11.8 Å². The van der Waals surface area contributed by atoms with E-state index in [1.165, 1.54) is 6.33 Å². The van der Waals surface area contributed by atoms with E-state index in [2.05, 4.69) is 9.97 Å². The molecule has 0 aliphatic carbocycles. The van der Waals surface area contributed by atoms with Crippen LogP contribution in [0.1, 0.15) is 0 Å². The molecule has 4 heteroatoms. The van der Waals surface area contributed by atoms with Crippen LogP contribution in [-0.2, 0) is 0 Å². The highest BCUT2D eigenvalue weighted by Crippen LogP contribution is 2.04. The van der Waals surface area contributed by atoms with Gasteiger partial charge in [-0.25, -0.2) is 9.97 Å². The predicted octanol–water partition coefficient (Wildman–Crippen LogP) is 1.22. The van der Waals surface area contributed by atoms with E-state index in [-0.39, 0.29) is 0 Å². The molecule has 0 aliphatic rings. The Balaban J connectivity index is 2.28. The molecule has 0 radical (unpaired) electrons. The van der Waals surface area contributed by atoms with E-state index in [1.54, 1.807) is 24.2 Å². The highest BCUT2D eigenvalue weighted by atomic mass is 32.2. The van der Waals surface area contributed by atoms with Crippen LogP contribution in [-0.4, -0.2) is 28.6 Å². The van der Waals surface area contributed by atoms with Gasteiger partial charge in [-0.05, 0) is 6.26 Å². The summed E-state index contributed by atoms with van der Waals surface area (Å²) in [6.45, 7) is 0.717. The maximum absolute atomic E-state index is 5.30. The van der Waals surface area contributed by atoms with Crippen LogP contribution in [0.25, 0.3) is 0 Å². The molecule has 1 aromatic heterocycles. The maximum Gasteiger partial charge on any atom is 0.155 e. The van der Waals surface area contributed by atoms with Crippen LogP contribution in [0.15, 0.2) is 18.7 Å². The van der Waals surface area contributed by atoms with Crippen LogP contribution < -0.4 is 4.74 Å². The molecule has 0 saturated carbocycles. The molecule has 0 atom stereocenters. The zero-order valence-electron chi connectivity index (χ0n) is 6.36. The van der Waals surface area contributed by atoms with E-state index in [0.717, 1.165) is 11.5 Å². The second-order valence-corrected chi connectivity index (χ2v) is 2.90. The molecule has 0 unspecified atom stereocenters. The lowest BCUT2D eigenvalue weighted by atomic mass is 10.6. The van der Waals surface area contributed by atoms with Gasteiger partial charge in [0.05, 0.1) is 19.0 Å². The summed E-state index contributed by atoms with van der Waals surface area (Å²) < 4.78 is 5.30. The molecule has 1 rings (SSSR count). The first-order valence-corrected chi connectivity index (χ1v) is 4.69. The second kappa shape index (κ2) is 4.96. The fourth-order valence-electron chi connectivity index (χ4n) is 0.603. The summed E-state index contributed by atoms with van der Waals surface area (Å²) in [6.07, 6.45) is 6.85. The Hall–Kier alpha value is -0.770. The molecule has 0 aromatic carbocycles. The second-order valence-electron chi connectivity index (χ2n) is 1.92. The largest absolute Gasteiger partial charge is 0.489 e. The molecule has 0 fully saturated rings.